The number of hydrogen-bond acceptors (Lipinski definition) is 7. The SMILES string of the molecule is C=C(C)[C-]=O.C=C(C)[C-]=O.C=C(C)[C-]=O.[CH2-]/C=C\[Si]1(C)O[Si](C)(/C=C\[CH2-])O[Si](C)(CC)O[Si](C)(/C=C/[CH2-])O1.[V+2].[V+2].[V+2]. The first-order valence-electron chi connectivity index (χ1n) is 11.7. The third kappa shape index (κ3) is 28.1. The van der Waals surface area contributed by atoms with Crippen molar-refractivity contribution in [2.45, 2.75) is 59.9 Å². The van der Waals surface area contributed by atoms with Crippen LogP contribution in [0.15, 0.2) is 71.8 Å². The minimum Gasteiger partial charge on any atom is -0.433 e. The molecule has 0 saturated carbocycles. The average Bonchev–Trinajstić information content (AvgIpc) is 2.78. The minimum absolute atomic E-state index is 0. The summed E-state index contributed by atoms with van der Waals surface area (Å²) in [6, 6.07) is 0.824. The van der Waals surface area contributed by atoms with Crippen molar-refractivity contribution in [3.8, 4) is 0 Å². The van der Waals surface area contributed by atoms with Crippen LogP contribution in [0.25, 0.3) is 0 Å². The van der Waals surface area contributed by atoms with Crippen LogP contribution >= 0.6 is 0 Å². The maximum absolute atomic E-state index is 9.28. The van der Waals surface area contributed by atoms with Gasteiger partial charge in [0.15, 0.2) is 0 Å². The quantitative estimate of drug-likeness (QED) is 0.175. The summed E-state index contributed by atoms with van der Waals surface area (Å²) in [7, 11) is -10.3. The van der Waals surface area contributed by atoms with Gasteiger partial charge in [-0.15, -0.1) is 0 Å². The Kier molecular flexibility index (Phi) is 35.1. The van der Waals surface area contributed by atoms with E-state index in [4.69, 9.17) is 16.5 Å². The van der Waals surface area contributed by atoms with Gasteiger partial charge in [-0.05, 0) is 51.1 Å². The molecule has 7 nitrogen and oxygen atoms in total. The molecule has 4 atom stereocenters. The fourth-order valence-corrected chi connectivity index (χ4v) is 22.3. The van der Waals surface area contributed by atoms with E-state index in [-0.39, 0.29) is 55.7 Å². The maximum Gasteiger partial charge on any atom is 2.00 e. The number of rotatable bonds is 7. The monoisotopic (exact) mass is 745 g/mol. The molecule has 14 heteroatoms. The number of allylic oxidation sites excluding steroid dienone is 6. The van der Waals surface area contributed by atoms with E-state index >= 15 is 0 Å². The van der Waals surface area contributed by atoms with E-state index in [2.05, 4.69) is 54.0 Å². The van der Waals surface area contributed by atoms with Crippen LogP contribution in [-0.4, -0.2) is 53.1 Å². The van der Waals surface area contributed by atoms with Crippen molar-refractivity contribution < 1.29 is 86.5 Å². The molecular formula is C27H44O7Si4V3. The molecule has 1 aliphatic heterocycles. The molecule has 0 bridgehead atoms. The molecular weight excluding hydrogens is 701 g/mol. The van der Waals surface area contributed by atoms with Gasteiger partial charge in [0.25, 0.3) is 25.7 Å². The van der Waals surface area contributed by atoms with Crippen molar-refractivity contribution in [3.63, 3.8) is 0 Å². The molecule has 0 aromatic heterocycles. The van der Waals surface area contributed by atoms with Crippen molar-refractivity contribution in [2.75, 3.05) is 0 Å². The Hall–Kier alpha value is -0.479. The largest absolute Gasteiger partial charge is 2.00 e. The van der Waals surface area contributed by atoms with Crippen LogP contribution < -0.4 is 0 Å². The summed E-state index contributed by atoms with van der Waals surface area (Å²) in [4.78, 5) is 27.8. The van der Waals surface area contributed by atoms with Crippen molar-refractivity contribution in [1.82, 2.24) is 0 Å². The summed E-state index contributed by atoms with van der Waals surface area (Å²) < 4.78 is 26.1. The number of carbonyl (C=O) groups excluding carboxylic acids is 3. The van der Waals surface area contributed by atoms with E-state index in [0.717, 1.165) is 6.04 Å². The van der Waals surface area contributed by atoms with Gasteiger partial charge in [-0.3, -0.25) is 0 Å². The molecule has 41 heavy (non-hydrogen) atoms. The summed E-state index contributed by atoms with van der Waals surface area (Å²) in [5.41, 5.74) is 7.18. The molecule has 225 valence electrons. The second-order valence-corrected chi connectivity index (χ2v) is 22.1. The zero-order valence-electron chi connectivity index (χ0n) is 25.6. The molecule has 1 rings (SSSR count). The summed E-state index contributed by atoms with van der Waals surface area (Å²) in [5.74, 6) is 0. The zero-order chi connectivity index (χ0) is 30.6. The van der Waals surface area contributed by atoms with Gasteiger partial charge < -0.3 is 30.8 Å². The average molecular weight is 746 g/mol. The molecule has 1 saturated heterocycles. The van der Waals surface area contributed by atoms with E-state index in [1.54, 1.807) is 57.9 Å². The fourth-order valence-electron chi connectivity index (χ4n) is 2.74. The van der Waals surface area contributed by atoms with E-state index in [9.17, 15) is 14.4 Å². The summed E-state index contributed by atoms with van der Waals surface area (Å²) in [5, 5.41) is 0. The Morgan fingerprint density at radius 2 is 0.805 bits per heavy atom. The molecule has 4 unspecified atom stereocenters. The van der Waals surface area contributed by atoms with Gasteiger partial charge in [0, 0.05) is 0 Å². The Labute approximate surface area is 290 Å². The van der Waals surface area contributed by atoms with E-state index in [0.29, 0.717) is 16.7 Å². The first-order valence-corrected chi connectivity index (χ1v) is 21.4. The molecule has 0 N–H and O–H groups in total. The van der Waals surface area contributed by atoms with Crippen LogP contribution in [0.4, 0.5) is 0 Å². The van der Waals surface area contributed by atoms with E-state index < -0.39 is 34.2 Å². The van der Waals surface area contributed by atoms with Crippen molar-refractivity contribution in [1.29, 1.82) is 0 Å². The normalized spacial score (nSPS) is 26.6. The molecule has 1 fully saturated rings. The van der Waals surface area contributed by atoms with Crippen molar-refractivity contribution in [3.05, 3.63) is 92.6 Å². The van der Waals surface area contributed by atoms with Crippen LogP contribution in [0.3, 0.4) is 0 Å². The van der Waals surface area contributed by atoms with Crippen LogP contribution in [-0.2, 0) is 86.5 Å². The topological polar surface area (TPSA) is 88.1 Å². The number of hydrogen-bond donors (Lipinski definition) is 0. The third-order valence-electron chi connectivity index (χ3n) is 4.07. The third-order valence-corrected chi connectivity index (χ3v) is 21.1. The van der Waals surface area contributed by atoms with E-state index in [1.165, 1.54) is 0 Å². The van der Waals surface area contributed by atoms with Gasteiger partial charge in [-0.1, -0.05) is 27.7 Å². The Morgan fingerprint density at radius 3 is 0.951 bits per heavy atom. The Morgan fingerprint density at radius 1 is 0.610 bits per heavy atom. The molecule has 0 aromatic carbocycles. The zero-order valence-corrected chi connectivity index (χ0v) is 33.8. The van der Waals surface area contributed by atoms with Crippen LogP contribution in [0.5, 0.6) is 0 Å². The molecule has 1 aliphatic rings. The molecule has 0 aliphatic carbocycles. The van der Waals surface area contributed by atoms with Gasteiger partial charge >= 0.3 is 64.2 Å². The minimum atomic E-state index is -2.65. The van der Waals surface area contributed by atoms with Crippen LogP contribution in [0.2, 0.25) is 32.2 Å². The van der Waals surface area contributed by atoms with Gasteiger partial charge in [-0.2, -0.15) is 33.8 Å². The standard InChI is InChI=1S/C15H29O4Si4.3C4H5O.3V/c1-9-13-21(6)16-20(5,12-4)17-22(7,14-10-2)19-23(8,18-21)15-11-3;3*1-4(2)3-5;;;/h9-11,13-15H,1-3,12H2,4-8H3;3*1H2,2H3;;;/q-3;3*-1;3*+2/b13-9-,14-10+,15-11-;;;;;;. The van der Waals surface area contributed by atoms with Crippen LogP contribution in [0.1, 0.15) is 27.7 Å². The van der Waals surface area contributed by atoms with Gasteiger partial charge in [0.05, 0.1) is 0 Å². The predicted octanol–water partition coefficient (Wildman–Crippen LogP) is 6.17. The molecule has 0 aromatic rings. The van der Waals surface area contributed by atoms with Gasteiger partial charge in [0.1, 0.15) is 0 Å². The molecule has 3 radical (unpaired) electrons. The van der Waals surface area contributed by atoms with Crippen molar-refractivity contribution >= 4 is 53.1 Å². The summed E-state index contributed by atoms with van der Waals surface area (Å²) in [6.45, 7) is 36.2. The summed E-state index contributed by atoms with van der Waals surface area (Å²) >= 11 is 0. The predicted molar refractivity (Wildman–Crippen MR) is 166 cm³/mol. The first kappa shape index (κ1) is 53.1. The smallest absolute Gasteiger partial charge is 0.433 e. The molecule has 0 amide bonds. The fraction of sp³-hybridized carbons (Fsp3) is 0.333. The second kappa shape index (κ2) is 27.1. The van der Waals surface area contributed by atoms with E-state index in [1.807, 2.05) is 36.7 Å². The van der Waals surface area contributed by atoms with Gasteiger partial charge in [-0.25, -0.2) is 58.7 Å². The Balaban J connectivity index is -0.000000141. The Bertz CT molecular complexity index is 825. The van der Waals surface area contributed by atoms with Gasteiger partial charge in [0.2, 0.25) is 0 Å². The molecule has 1 heterocycles. The van der Waals surface area contributed by atoms with Crippen LogP contribution in [0, 0.1) is 20.8 Å². The molecule has 0 spiro atoms. The van der Waals surface area contributed by atoms with Crippen molar-refractivity contribution in [2.24, 2.45) is 0 Å². The summed E-state index contributed by atoms with van der Waals surface area (Å²) in [6.07, 6.45) is 9.97. The second-order valence-electron chi connectivity index (χ2n) is 8.80. The maximum atomic E-state index is 9.28. The first-order chi connectivity index (χ1) is 17.4.